The predicted molar refractivity (Wildman–Crippen MR) is 74.9 cm³/mol. The quantitative estimate of drug-likeness (QED) is 0.892. The highest BCUT2D eigenvalue weighted by molar-refractivity contribution is 9.10. The van der Waals surface area contributed by atoms with Crippen molar-refractivity contribution in [3.8, 4) is 11.4 Å². The number of benzene rings is 1. The molecule has 1 aromatic carbocycles. The molecule has 0 amide bonds. The first-order chi connectivity index (χ1) is 10.0. The molecular weight excluding hydrogens is 343 g/mol. The van der Waals surface area contributed by atoms with Crippen LogP contribution in [0.4, 0.5) is 4.39 Å². The monoisotopic (exact) mass is 354 g/mol. The maximum absolute atomic E-state index is 13.5. The molecule has 1 aliphatic rings. The molecule has 8 heteroatoms. The highest BCUT2D eigenvalue weighted by Gasteiger charge is 2.36. The first-order valence-electron chi connectivity index (χ1n) is 6.50. The summed E-state index contributed by atoms with van der Waals surface area (Å²) in [6.45, 7) is 0. The highest BCUT2D eigenvalue weighted by Crippen LogP contribution is 2.42. The number of nitrogens with zero attached hydrogens (tertiary/aromatic N) is 4. The summed E-state index contributed by atoms with van der Waals surface area (Å²) >= 11 is 3.23. The normalized spacial score (nSPS) is 15.9. The summed E-state index contributed by atoms with van der Waals surface area (Å²) in [5.74, 6) is -0.655. The van der Waals surface area contributed by atoms with Crippen LogP contribution in [0.2, 0.25) is 0 Å². The van der Waals surface area contributed by atoms with Crippen molar-refractivity contribution < 1.29 is 14.3 Å². The van der Waals surface area contributed by atoms with Gasteiger partial charge in [0, 0.05) is 10.0 Å². The van der Waals surface area contributed by atoms with E-state index in [4.69, 9.17) is 5.11 Å². The summed E-state index contributed by atoms with van der Waals surface area (Å²) in [6.07, 6.45) is 1.88. The molecule has 0 spiro atoms. The largest absolute Gasteiger partial charge is 0.481 e. The van der Waals surface area contributed by atoms with Crippen molar-refractivity contribution in [3.63, 3.8) is 0 Å². The summed E-state index contributed by atoms with van der Waals surface area (Å²) in [4.78, 5) is 11.0. The lowest BCUT2D eigenvalue weighted by Crippen LogP contribution is -2.18. The second-order valence-corrected chi connectivity index (χ2v) is 6.02. The van der Waals surface area contributed by atoms with Crippen LogP contribution in [0.1, 0.15) is 25.3 Å². The summed E-state index contributed by atoms with van der Waals surface area (Å²) < 4.78 is 15.6. The Hall–Kier alpha value is -1.83. The Labute approximate surface area is 128 Å². The molecule has 21 heavy (non-hydrogen) atoms. The van der Waals surface area contributed by atoms with E-state index in [1.807, 2.05) is 0 Å². The number of tetrazole rings is 1. The molecule has 0 aliphatic heterocycles. The number of aliphatic carboxylic acids is 1. The van der Waals surface area contributed by atoms with Crippen molar-refractivity contribution in [3.05, 3.63) is 28.5 Å². The number of halogens is 2. The van der Waals surface area contributed by atoms with E-state index in [9.17, 15) is 9.18 Å². The Morgan fingerprint density at radius 1 is 1.48 bits per heavy atom. The summed E-state index contributed by atoms with van der Waals surface area (Å²) in [6, 6.07) is 4.08. The minimum atomic E-state index is -0.895. The maximum atomic E-state index is 13.5. The lowest BCUT2D eigenvalue weighted by molar-refractivity contribution is -0.138. The highest BCUT2D eigenvalue weighted by atomic mass is 79.9. The Bertz CT molecular complexity index is 666. The predicted octanol–water partition coefficient (Wildman–Crippen LogP) is 2.67. The van der Waals surface area contributed by atoms with Gasteiger partial charge in [0.2, 0.25) is 0 Å². The fraction of sp³-hybridized carbons (Fsp3) is 0.385. The van der Waals surface area contributed by atoms with E-state index in [0.717, 1.165) is 12.8 Å². The fourth-order valence-corrected chi connectivity index (χ4v) is 2.87. The molecule has 6 nitrogen and oxygen atoms in total. The van der Waals surface area contributed by atoms with E-state index in [0.29, 0.717) is 15.9 Å². The Morgan fingerprint density at radius 2 is 2.24 bits per heavy atom. The number of rotatable bonds is 5. The molecule has 1 aliphatic carbocycles. The lowest BCUT2D eigenvalue weighted by atomic mass is 10.1. The number of carbonyl (C=O) groups is 1. The molecule has 0 bridgehead atoms. The van der Waals surface area contributed by atoms with Gasteiger partial charge in [-0.05, 0) is 47.4 Å². The molecule has 1 fully saturated rings. The van der Waals surface area contributed by atoms with Crippen LogP contribution >= 0.6 is 15.9 Å². The molecule has 0 saturated heterocycles. The van der Waals surface area contributed by atoms with Crippen LogP contribution < -0.4 is 0 Å². The van der Waals surface area contributed by atoms with Gasteiger partial charge < -0.3 is 5.11 Å². The zero-order valence-corrected chi connectivity index (χ0v) is 12.5. The standard InChI is InChI=1S/C13H12BrFN4O2/c14-9-3-8(4-10(15)5-9)13-16-17-18-19(13)11(6-12(20)21)7-1-2-7/h3-5,7,11H,1-2,6H2,(H,20,21). The molecule has 2 aromatic rings. The first-order valence-corrected chi connectivity index (χ1v) is 7.30. The van der Waals surface area contributed by atoms with Crippen LogP contribution in [0.15, 0.2) is 22.7 Å². The fourth-order valence-electron chi connectivity index (χ4n) is 2.40. The minimum absolute atomic E-state index is 0.0425. The molecule has 1 atom stereocenters. The summed E-state index contributed by atoms with van der Waals surface area (Å²) in [5.41, 5.74) is 0.517. The van der Waals surface area contributed by atoms with Crippen LogP contribution in [0.25, 0.3) is 11.4 Å². The van der Waals surface area contributed by atoms with Crippen LogP contribution in [0.5, 0.6) is 0 Å². The van der Waals surface area contributed by atoms with Crippen molar-refractivity contribution in [1.29, 1.82) is 0 Å². The molecule has 1 saturated carbocycles. The van der Waals surface area contributed by atoms with Gasteiger partial charge in [-0.1, -0.05) is 15.9 Å². The van der Waals surface area contributed by atoms with Crippen LogP contribution in [-0.4, -0.2) is 31.3 Å². The Balaban J connectivity index is 2.01. The Kier molecular flexibility index (Phi) is 3.71. The topological polar surface area (TPSA) is 80.9 Å². The van der Waals surface area contributed by atoms with E-state index in [2.05, 4.69) is 31.5 Å². The zero-order valence-electron chi connectivity index (χ0n) is 10.9. The molecule has 110 valence electrons. The third-order valence-electron chi connectivity index (χ3n) is 3.48. The van der Waals surface area contributed by atoms with E-state index >= 15 is 0 Å². The second kappa shape index (κ2) is 5.51. The Morgan fingerprint density at radius 3 is 2.86 bits per heavy atom. The maximum Gasteiger partial charge on any atom is 0.305 e. The number of carboxylic acid groups (broad SMARTS) is 1. The minimum Gasteiger partial charge on any atom is -0.481 e. The van der Waals surface area contributed by atoms with E-state index in [1.165, 1.54) is 16.8 Å². The van der Waals surface area contributed by atoms with Gasteiger partial charge in [0.1, 0.15) is 5.82 Å². The van der Waals surface area contributed by atoms with Gasteiger partial charge in [-0.25, -0.2) is 9.07 Å². The van der Waals surface area contributed by atoms with Gasteiger partial charge in [-0.2, -0.15) is 0 Å². The molecule has 1 unspecified atom stereocenters. The van der Waals surface area contributed by atoms with Gasteiger partial charge in [-0.15, -0.1) is 5.10 Å². The van der Waals surface area contributed by atoms with Crippen molar-refractivity contribution in [2.45, 2.75) is 25.3 Å². The number of hydrogen-bond donors (Lipinski definition) is 1. The zero-order chi connectivity index (χ0) is 15.0. The molecule has 0 radical (unpaired) electrons. The van der Waals surface area contributed by atoms with Crippen LogP contribution in [-0.2, 0) is 4.79 Å². The van der Waals surface area contributed by atoms with Gasteiger partial charge in [0.15, 0.2) is 5.82 Å². The summed E-state index contributed by atoms with van der Waals surface area (Å²) in [5, 5.41) is 20.5. The lowest BCUT2D eigenvalue weighted by Gasteiger charge is -2.15. The number of hydrogen-bond acceptors (Lipinski definition) is 4. The van der Waals surface area contributed by atoms with Crippen molar-refractivity contribution in [2.24, 2.45) is 5.92 Å². The van der Waals surface area contributed by atoms with E-state index < -0.39 is 11.8 Å². The van der Waals surface area contributed by atoms with Crippen molar-refractivity contribution in [1.82, 2.24) is 20.2 Å². The van der Waals surface area contributed by atoms with Crippen LogP contribution in [0.3, 0.4) is 0 Å². The molecule has 1 aromatic heterocycles. The van der Waals surface area contributed by atoms with Crippen molar-refractivity contribution in [2.75, 3.05) is 0 Å². The van der Waals surface area contributed by atoms with Gasteiger partial charge in [0.25, 0.3) is 0 Å². The third-order valence-corrected chi connectivity index (χ3v) is 3.94. The molecule has 3 rings (SSSR count). The smallest absolute Gasteiger partial charge is 0.305 e. The molecule has 1 N–H and O–H groups in total. The third kappa shape index (κ3) is 3.10. The van der Waals surface area contributed by atoms with Crippen LogP contribution in [0, 0.1) is 11.7 Å². The van der Waals surface area contributed by atoms with E-state index in [-0.39, 0.29) is 18.4 Å². The number of aromatic nitrogens is 4. The van der Waals surface area contributed by atoms with Gasteiger partial charge >= 0.3 is 5.97 Å². The van der Waals surface area contributed by atoms with Gasteiger partial charge in [0.05, 0.1) is 12.5 Å². The first kappa shape index (κ1) is 14.1. The second-order valence-electron chi connectivity index (χ2n) is 5.11. The average Bonchev–Trinajstić information content (AvgIpc) is 3.11. The van der Waals surface area contributed by atoms with Crippen molar-refractivity contribution >= 4 is 21.9 Å². The summed E-state index contributed by atoms with van der Waals surface area (Å²) in [7, 11) is 0. The van der Waals surface area contributed by atoms with E-state index in [1.54, 1.807) is 6.07 Å². The average molecular weight is 355 g/mol. The molecular formula is C13H12BrFN4O2. The number of carboxylic acids is 1. The van der Waals surface area contributed by atoms with Gasteiger partial charge in [-0.3, -0.25) is 4.79 Å². The molecule has 1 heterocycles. The SMILES string of the molecule is O=C(O)CC(C1CC1)n1nnnc1-c1cc(F)cc(Br)c1.